The highest BCUT2D eigenvalue weighted by Gasteiger charge is 2.15. The second kappa shape index (κ2) is 9.00. The second-order valence-electron chi connectivity index (χ2n) is 4.80. The summed E-state index contributed by atoms with van der Waals surface area (Å²) in [5, 5.41) is 6.28. The van der Waals surface area contributed by atoms with Gasteiger partial charge in [-0.3, -0.25) is 4.79 Å². The average molecular weight is 321 g/mol. The van der Waals surface area contributed by atoms with Crippen LogP contribution in [0.2, 0.25) is 0 Å². The van der Waals surface area contributed by atoms with Crippen molar-refractivity contribution < 1.29 is 4.79 Å². The van der Waals surface area contributed by atoms with Crippen LogP contribution in [0.15, 0.2) is 18.3 Å². The fraction of sp³-hybridized carbons (Fsp3) is 0.538. The van der Waals surface area contributed by atoms with Crippen LogP contribution in [0, 0.1) is 0 Å². The molecule has 114 valence electrons. The van der Waals surface area contributed by atoms with Gasteiger partial charge in [-0.1, -0.05) is 0 Å². The summed E-state index contributed by atoms with van der Waals surface area (Å²) in [6, 6.07) is 4.07. The van der Waals surface area contributed by atoms with Crippen LogP contribution in [0.1, 0.15) is 23.2 Å². The summed E-state index contributed by atoms with van der Waals surface area (Å²) >= 11 is 0. The summed E-state index contributed by atoms with van der Waals surface area (Å²) in [4.78, 5) is 18.0. The molecular weight excluding hydrogens is 299 g/mol. The van der Waals surface area contributed by atoms with Crippen LogP contribution in [-0.2, 0) is 0 Å². The first-order valence-electron chi connectivity index (χ1n) is 6.32. The van der Waals surface area contributed by atoms with Crippen LogP contribution in [0.4, 0.5) is 5.82 Å². The van der Waals surface area contributed by atoms with Gasteiger partial charge in [0.25, 0.3) is 5.91 Å². The summed E-state index contributed by atoms with van der Waals surface area (Å²) in [5.74, 6) is 0.797. The zero-order valence-corrected chi connectivity index (χ0v) is 13.4. The molecule has 0 saturated carbocycles. The number of amides is 1. The molecule has 2 N–H and O–H groups in total. The fourth-order valence-corrected chi connectivity index (χ4v) is 2.03. The molecule has 1 saturated heterocycles. The molecule has 20 heavy (non-hydrogen) atoms. The van der Waals surface area contributed by atoms with Gasteiger partial charge in [0.05, 0.1) is 5.56 Å². The summed E-state index contributed by atoms with van der Waals surface area (Å²) in [6.07, 6.45) is 3.95. The number of pyridine rings is 1. The van der Waals surface area contributed by atoms with Crippen molar-refractivity contribution in [3.63, 3.8) is 0 Å². The molecule has 2 rings (SSSR count). The molecular formula is C13H22Cl2N4O. The third-order valence-electron chi connectivity index (χ3n) is 3.14. The summed E-state index contributed by atoms with van der Waals surface area (Å²) < 4.78 is 0. The number of rotatable bonds is 4. The van der Waals surface area contributed by atoms with Crippen molar-refractivity contribution in [1.29, 1.82) is 0 Å². The number of aromatic nitrogens is 1. The average Bonchev–Trinajstić information content (AvgIpc) is 2.89. The molecule has 0 radical (unpaired) electrons. The maximum atomic E-state index is 11.9. The Morgan fingerprint density at radius 3 is 2.70 bits per heavy atom. The van der Waals surface area contributed by atoms with Crippen molar-refractivity contribution in [2.24, 2.45) is 0 Å². The first kappa shape index (κ1) is 19.0. The van der Waals surface area contributed by atoms with Gasteiger partial charge in [0.2, 0.25) is 0 Å². The minimum atomic E-state index is -0.0542. The number of halogens is 2. The van der Waals surface area contributed by atoms with E-state index in [-0.39, 0.29) is 30.7 Å². The minimum absolute atomic E-state index is 0. The Bertz CT molecular complexity index is 405. The number of carbonyl (C=O) groups is 1. The van der Waals surface area contributed by atoms with Crippen LogP contribution in [-0.4, -0.2) is 44.1 Å². The third-order valence-corrected chi connectivity index (χ3v) is 3.14. The summed E-state index contributed by atoms with van der Waals surface area (Å²) in [7, 11) is 3.85. The Morgan fingerprint density at radius 1 is 1.45 bits per heavy atom. The molecule has 1 aliphatic heterocycles. The molecule has 1 aromatic heterocycles. The van der Waals surface area contributed by atoms with Crippen molar-refractivity contribution in [2.45, 2.75) is 18.9 Å². The third kappa shape index (κ3) is 5.15. The highest BCUT2D eigenvalue weighted by molar-refractivity contribution is 5.94. The highest BCUT2D eigenvalue weighted by atomic mass is 35.5. The molecule has 1 fully saturated rings. The lowest BCUT2D eigenvalue weighted by Gasteiger charge is -2.13. The molecule has 7 heteroatoms. The Kier molecular flexibility index (Phi) is 8.53. The van der Waals surface area contributed by atoms with E-state index in [1.807, 2.05) is 25.1 Å². The normalized spacial score (nSPS) is 16.8. The number of nitrogens with zero attached hydrogens (tertiary/aromatic N) is 2. The topological polar surface area (TPSA) is 57.3 Å². The molecule has 1 aliphatic rings. The van der Waals surface area contributed by atoms with Gasteiger partial charge in [0, 0.05) is 32.9 Å². The molecule has 2 heterocycles. The lowest BCUT2D eigenvalue weighted by molar-refractivity contribution is 0.0950. The first-order valence-corrected chi connectivity index (χ1v) is 6.32. The van der Waals surface area contributed by atoms with E-state index in [4.69, 9.17) is 0 Å². The predicted molar refractivity (Wildman–Crippen MR) is 86.4 cm³/mol. The van der Waals surface area contributed by atoms with E-state index in [0.29, 0.717) is 18.2 Å². The van der Waals surface area contributed by atoms with Crippen LogP contribution in [0.3, 0.4) is 0 Å². The lowest BCUT2D eigenvalue weighted by atomic mass is 10.2. The van der Waals surface area contributed by atoms with Crippen molar-refractivity contribution >= 4 is 36.5 Å². The zero-order chi connectivity index (χ0) is 13.0. The predicted octanol–water partition coefficient (Wildman–Crippen LogP) is 1.47. The van der Waals surface area contributed by atoms with Crippen LogP contribution in [0.5, 0.6) is 0 Å². The van der Waals surface area contributed by atoms with Crippen molar-refractivity contribution in [1.82, 2.24) is 15.6 Å². The quantitative estimate of drug-likeness (QED) is 0.882. The van der Waals surface area contributed by atoms with E-state index >= 15 is 0 Å². The van der Waals surface area contributed by atoms with E-state index in [1.165, 1.54) is 6.42 Å². The smallest absolute Gasteiger partial charge is 0.252 e. The number of carbonyl (C=O) groups excluding carboxylic acids is 1. The lowest BCUT2D eigenvalue weighted by Crippen LogP contribution is -2.37. The van der Waals surface area contributed by atoms with Gasteiger partial charge < -0.3 is 15.5 Å². The van der Waals surface area contributed by atoms with Gasteiger partial charge in [-0.25, -0.2) is 4.98 Å². The van der Waals surface area contributed by atoms with E-state index < -0.39 is 0 Å². The number of anilines is 1. The molecule has 1 amide bonds. The molecule has 0 aliphatic carbocycles. The molecule has 1 atom stereocenters. The maximum absolute atomic E-state index is 11.9. The fourth-order valence-electron chi connectivity index (χ4n) is 2.03. The largest absolute Gasteiger partial charge is 0.363 e. The van der Waals surface area contributed by atoms with Gasteiger partial charge in [0.1, 0.15) is 5.82 Å². The summed E-state index contributed by atoms with van der Waals surface area (Å²) in [6.45, 7) is 1.74. The molecule has 0 bridgehead atoms. The standard InChI is InChI=1S/C13H20N4O.2ClH/c1-17(2)12-6-5-10(8-15-12)13(18)16-9-11-4-3-7-14-11;;/h5-6,8,11,14H,3-4,7,9H2,1-2H3,(H,16,18);2*1H. The number of nitrogens with one attached hydrogen (secondary N) is 2. The maximum Gasteiger partial charge on any atom is 0.252 e. The van der Waals surface area contributed by atoms with Crippen molar-refractivity contribution in [2.75, 3.05) is 32.1 Å². The van der Waals surface area contributed by atoms with Gasteiger partial charge in [-0.15, -0.1) is 24.8 Å². The summed E-state index contributed by atoms with van der Waals surface area (Å²) in [5.41, 5.74) is 0.610. The van der Waals surface area contributed by atoms with E-state index in [1.54, 1.807) is 12.3 Å². The molecule has 0 aromatic carbocycles. The van der Waals surface area contributed by atoms with Gasteiger partial charge in [-0.2, -0.15) is 0 Å². The van der Waals surface area contributed by atoms with Crippen molar-refractivity contribution in [3.05, 3.63) is 23.9 Å². The first-order chi connectivity index (χ1) is 8.66. The van der Waals surface area contributed by atoms with Gasteiger partial charge in [-0.05, 0) is 31.5 Å². The number of hydrogen-bond acceptors (Lipinski definition) is 4. The van der Waals surface area contributed by atoms with E-state index in [2.05, 4.69) is 15.6 Å². The Hall–Kier alpha value is -1.04. The SMILES string of the molecule is CN(C)c1ccc(C(=O)NCC2CCCN2)cn1.Cl.Cl. The Balaban J connectivity index is 0.00000180. The molecule has 0 spiro atoms. The monoisotopic (exact) mass is 320 g/mol. The van der Waals surface area contributed by atoms with Gasteiger partial charge >= 0.3 is 0 Å². The van der Waals surface area contributed by atoms with Crippen LogP contribution in [0.25, 0.3) is 0 Å². The van der Waals surface area contributed by atoms with E-state index in [0.717, 1.165) is 18.8 Å². The zero-order valence-electron chi connectivity index (χ0n) is 11.8. The second-order valence-corrected chi connectivity index (χ2v) is 4.80. The van der Waals surface area contributed by atoms with E-state index in [9.17, 15) is 4.79 Å². The van der Waals surface area contributed by atoms with Crippen LogP contribution < -0.4 is 15.5 Å². The van der Waals surface area contributed by atoms with Gasteiger partial charge in [0.15, 0.2) is 0 Å². The molecule has 1 aromatic rings. The minimum Gasteiger partial charge on any atom is -0.363 e. The Morgan fingerprint density at radius 2 is 2.20 bits per heavy atom. The molecule has 5 nitrogen and oxygen atoms in total. The van der Waals surface area contributed by atoms with Crippen molar-refractivity contribution in [3.8, 4) is 0 Å². The highest BCUT2D eigenvalue weighted by Crippen LogP contribution is 2.08. The number of hydrogen-bond donors (Lipinski definition) is 2. The molecule has 1 unspecified atom stereocenters. The Labute approximate surface area is 132 Å². The van der Waals surface area contributed by atoms with Crippen LogP contribution >= 0.6 is 24.8 Å².